The number of amides is 2. The van der Waals surface area contributed by atoms with Gasteiger partial charge in [0.2, 0.25) is 5.91 Å². The van der Waals surface area contributed by atoms with Gasteiger partial charge in [0.25, 0.3) is 0 Å². The molecule has 0 aliphatic heterocycles. The number of benzene rings is 1. The van der Waals surface area contributed by atoms with Gasteiger partial charge >= 0.3 is 5.91 Å². The van der Waals surface area contributed by atoms with E-state index in [4.69, 9.17) is 17.6 Å². The fourth-order valence-corrected chi connectivity index (χ4v) is 2.43. The Balaban J connectivity index is 3.55. The SMILES string of the molecule is C#CC(=O)N(c1ccc(C=N)c(NC)c1)C(C(N)=O)C(C)(C)C. The van der Waals surface area contributed by atoms with E-state index >= 15 is 0 Å². The van der Waals surface area contributed by atoms with E-state index in [9.17, 15) is 9.59 Å². The van der Waals surface area contributed by atoms with E-state index < -0.39 is 23.3 Å². The van der Waals surface area contributed by atoms with Crippen LogP contribution in [-0.4, -0.2) is 31.1 Å². The first kappa shape index (κ1) is 18.2. The summed E-state index contributed by atoms with van der Waals surface area (Å²) >= 11 is 0. The third-order valence-corrected chi connectivity index (χ3v) is 3.43. The Morgan fingerprint density at radius 2 is 2.04 bits per heavy atom. The maximum Gasteiger partial charge on any atom is 0.303 e. The molecule has 2 amide bonds. The van der Waals surface area contributed by atoms with Gasteiger partial charge in [0.15, 0.2) is 0 Å². The van der Waals surface area contributed by atoms with Crippen molar-refractivity contribution in [3.8, 4) is 12.3 Å². The van der Waals surface area contributed by atoms with Crippen LogP contribution in [0.15, 0.2) is 18.2 Å². The van der Waals surface area contributed by atoms with Gasteiger partial charge in [-0.05, 0) is 29.5 Å². The van der Waals surface area contributed by atoms with E-state index in [-0.39, 0.29) is 0 Å². The molecule has 6 nitrogen and oxygen atoms in total. The van der Waals surface area contributed by atoms with Crippen LogP contribution in [0.4, 0.5) is 11.4 Å². The Hall–Kier alpha value is -2.81. The molecule has 0 aliphatic rings. The predicted octanol–water partition coefficient (Wildman–Crippen LogP) is 1.59. The van der Waals surface area contributed by atoms with E-state index in [1.807, 2.05) is 20.8 Å². The predicted molar refractivity (Wildman–Crippen MR) is 92.6 cm³/mol. The highest BCUT2D eigenvalue weighted by molar-refractivity contribution is 6.10. The van der Waals surface area contributed by atoms with Crippen LogP contribution in [0.5, 0.6) is 0 Å². The van der Waals surface area contributed by atoms with Crippen molar-refractivity contribution in [2.75, 3.05) is 17.3 Å². The average molecular weight is 314 g/mol. The molecule has 1 rings (SSSR count). The van der Waals surface area contributed by atoms with Gasteiger partial charge in [-0.3, -0.25) is 14.5 Å². The quantitative estimate of drug-likeness (QED) is 0.568. The van der Waals surface area contributed by atoms with E-state index in [1.54, 1.807) is 25.2 Å². The summed E-state index contributed by atoms with van der Waals surface area (Å²) in [5.41, 5.74) is 6.67. The van der Waals surface area contributed by atoms with Crippen molar-refractivity contribution in [3.63, 3.8) is 0 Å². The van der Waals surface area contributed by atoms with Crippen LogP contribution < -0.4 is 16.0 Å². The second-order valence-corrected chi connectivity index (χ2v) is 6.16. The fraction of sp³-hybridized carbons (Fsp3) is 0.353. The molecule has 0 heterocycles. The third kappa shape index (κ3) is 3.89. The molecule has 0 fully saturated rings. The molecule has 0 saturated heterocycles. The molecule has 0 spiro atoms. The Morgan fingerprint density at radius 1 is 1.43 bits per heavy atom. The summed E-state index contributed by atoms with van der Waals surface area (Å²) in [6.07, 6.45) is 6.47. The summed E-state index contributed by atoms with van der Waals surface area (Å²) < 4.78 is 0. The van der Waals surface area contributed by atoms with Gasteiger partial charge in [0.1, 0.15) is 6.04 Å². The van der Waals surface area contributed by atoms with Crippen molar-refractivity contribution in [2.24, 2.45) is 11.1 Å². The minimum absolute atomic E-state index is 0.446. The van der Waals surface area contributed by atoms with Crippen LogP contribution in [0.1, 0.15) is 26.3 Å². The summed E-state index contributed by atoms with van der Waals surface area (Å²) in [5.74, 6) is 0.770. The number of primary amides is 1. The summed E-state index contributed by atoms with van der Waals surface area (Å²) in [6, 6.07) is 4.07. The Kier molecular flexibility index (Phi) is 5.52. The van der Waals surface area contributed by atoms with Gasteiger partial charge in [-0.1, -0.05) is 20.8 Å². The number of nitrogens with one attached hydrogen (secondary N) is 2. The van der Waals surface area contributed by atoms with E-state index in [0.29, 0.717) is 16.9 Å². The maximum absolute atomic E-state index is 12.3. The molecule has 1 unspecified atom stereocenters. The van der Waals surface area contributed by atoms with Crippen molar-refractivity contribution in [1.29, 1.82) is 5.41 Å². The zero-order valence-corrected chi connectivity index (χ0v) is 13.8. The standard InChI is InChI=1S/C17H22N4O2/c1-6-14(22)21(15(16(19)23)17(2,3)4)12-8-7-11(10-18)13(9-12)20-5/h1,7-10,15,18,20H,2-5H3,(H2,19,23). The van der Waals surface area contributed by atoms with Crippen LogP contribution in [0, 0.1) is 23.2 Å². The Bertz CT molecular complexity index is 668. The molecule has 0 aromatic heterocycles. The van der Waals surface area contributed by atoms with Gasteiger partial charge in [-0.15, -0.1) is 6.42 Å². The van der Waals surface area contributed by atoms with Gasteiger partial charge in [0.05, 0.1) is 0 Å². The minimum Gasteiger partial charge on any atom is -0.388 e. The first-order valence-corrected chi connectivity index (χ1v) is 7.08. The molecule has 0 bridgehead atoms. The molecule has 6 heteroatoms. The molecule has 0 saturated carbocycles. The number of nitrogens with two attached hydrogens (primary N) is 1. The lowest BCUT2D eigenvalue weighted by molar-refractivity contribution is -0.124. The normalized spacial score (nSPS) is 12.0. The molecule has 1 aromatic rings. The van der Waals surface area contributed by atoms with Gasteiger partial charge in [0, 0.05) is 30.2 Å². The molecular weight excluding hydrogens is 292 g/mol. The van der Waals surface area contributed by atoms with Crippen molar-refractivity contribution in [1.82, 2.24) is 0 Å². The van der Waals surface area contributed by atoms with Crippen LogP contribution in [-0.2, 0) is 9.59 Å². The minimum atomic E-state index is -0.901. The summed E-state index contributed by atoms with van der Waals surface area (Å²) in [7, 11) is 1.70. The highest BCUT2D eigenvalue weighted by atomic mass is 16.2. The molecule has 1 atom stereocenters. The van der Waals surface area contributed by atoms with E-state index in [0.717, 1.165) is 0 Å². The van der Waals surface area contributed by atoms with E-state index in [1.165, 1.54) is 11.1 Å². The third-order valence-electron chi connectivity index (χ3n) is 3.43. The number of terminal acetylenes is 1. The number of rotatable bonds is 5. The van der Waals surface area contributed by atoms with E-state index in [2.05, 4.69) is 11.2 Å². The van der Waals surface area contributed by atoms with Crippen LogP contribution >= 0.6 is 0 Å². The highest BCUT2D eigenvalue weighted by Crippen LogP contribution is 2.31. The summed E-state index contributed by atoms with van der Waals surface area (Å²) in [5, 5.41) is 10.3. The molecule has 23 heavy (non-hydrogen) atoms. The second-order valence-electron chi connectivity index (χ2n) is 6.16. The van der Waals surface area contributed by atoms with Crippen LogP contribution in [0.3, 0.4) is 0 Å². The number of anilines is 2. The van der Waals surface area contributed by atoms with Crippen molar-refractivity contribution in [3.05, 3.63) is 23.8 Å². The maximum atomic E-state index is 12.3. The van der Waals surface area contributed by atoms with Crippen molar-refractivity contribution < 1.29 is 9.59 Å². The topological polar surface area (TPSA) is 99.3 Å². The van der Waals surface area contributed by atoms with Gasteiger partial charge in [-0.25, -0.2) is 0 Å². The van der Waals surface area contributed by atoms with Gasteiger partial charge in [-0.2, -0.15) is 0 Å². The first-order valence-electron chi connectivity index (χ1n) is 7.08. The fourth-order valence-electron chi connectivity index (χ4n) is 2.43. The molecule has 1 aromatic carbocycles. The number of hydrogen-bond donors (Lipinski definition) is 3. The highest BCUT2D eigenvalue weighted by Gasteiger charge is 2.38. The lowest BCUT2D eigenvalue weighted by atomic mass is 9.84. The van der Waals surface area contributed by atoms with Gasteiger partial charge < -0.3 is 16.5 Å². The number of carbonyl (C=O) groups is 2. The monoisotopic (exact) mass is 314 g/mol. The number of nitrogens with zero attached hydrogens (tertiary/aromatic N) is 1. The number of hydrogen-bond acceptors (Lipinski definition) is 4. The molecule has 0 radical (unpaired) electrons. The largest absolute Gasteiger partial charge is 0.388 e. The average Bonchev–Trinajstić information content (AvgIpc) is 2.49. The summed E-state index contributed by atoms with van der Waals surface area (Å²) in [6.45, 7) is 5.43. The Morgan fingerprint density at radius 3 is 2.43 bits per heavy atom. The Labute approximate surface area is 136 Å². The number of carbonyl (C=O) groups excluding carboxylic acids is 2. The molecule has 0 aliphatic carbocycles. The van der Waals surface area contributed by atoms with Crippen LogP contribution in [0.25, 0.3) is 0 Å². The zero-order chi connectivity index (χ0) is 17.8. The first-order chi connectivity index (χ1) is 10.7. The molecule has 4 N–H and O–H groups in total. The second kappa shape index (κ2) is 6.97. The van der Waals surface area contributed by atoms with Crippen molar-refractivity contribution >= 4 is 29.4 Å². The zero-order valence-electron chi connectivity index (χ0n) is 13.8. The van der Waals surface area contributed by atoms with Crippen LogP contribution in [0.2, 0.25) is 0 Å². The smallest absolute Gasteiger partial charge is 0.303 e. The summed E-state index contributed by atoms with van der Waals surface area (Å²) in [4.78, 5) is 25.5. The lowest BCUT2D eigenvalue weighted by Crippen LogP contribution is -2.54. The van der Waals surface area contributed by atoms with Crippen molar-refractivity contribution in [2.45, 2.75) is 26.8 Å². The lowest BCUT2D eigenvalue weighted by Gasteiger charge is -2.37. The molecule has 122 valence electrons. The molecular formula is C17H22N4O2.